The molecule has 61 heavy (non-hydrogen) atoms. The molecule has 330 valence electrons. The summed E-state index contributed by atoms with van der Waals surface area (Å²) in [4.78, 5) is 97.0. The molecule has 14 heteroatoms. The minimum absolute atomic E-state index is 0.00738. The number of benzene rings is 1. The number of Topliss-reactive ketones (excluding diaryl/α,β-unsaturated/α-hetero) is 6. The van der Waals surface area contributed by atoms with Crippen molar-refractivity contribution in [1.29, 1.82) is 0 Å². The van der Waals surface area contributed by atoms with Gasteiger partial charge in [-0.1, -0.05) is 38.5 Å². The third kappa shape index (κ3) is 6.47. The quantitative estimate of drug-likeness (QED) is 0.0993. The Morgan fingerprint density at radius 1 is 1.00 bits per heavy atom. The summed E-state index contributed by atoms with van der Waals surface area (Å²) in [6, 6.07) is 3.02. The van der Waals surface area contributed by atoms with Gasteiger partial charge >= 0.3 is 0 Å². The number of nitrogens with zero attached hydrogens (tertiary/aromatic N) is 1. The van der Waals surface area contributed by atoms with Gasteiger partial charge in [0.25, 0.3) is 0 Å². The first kappa shape index (κ1) is 43.7. The molecule has 14 nitrogen and oxygen atoms in total. The van der Waals surface area contributed by atoms with E-state index < -0.39 is 76.4 Å². The van der Waals surface area contributed by atoms with Crippen LogP contribution in [-0.4, -0.2) is 119 Å². The van der Waals surface area contributed by atoms with Crippen molar-refractivity contribution in [2.75, 3.05) is 40.5 Å². The van der Waals surface area contributed by atoms with Gasteiger partial charge in [-0.15, -0.1) is 0 Å². The zero-order chi connectivity index (χ0) is 44.1. The van der Waals surface area contributed by atoms with Crippen molar-refractivity contribution >= 4 is 40.6 Å². The maximum Gasteiger partial charge on any atom is 0.239 e. The van der Waals surface area contributed by atoms with Gasteiger partial charge in [0.15, 0.2) is 34.7 Å². The van der Waals surface area contributed by atoms with E-state index in [4.69, 9.17) is 4.74 Å². The summed E-state index contributed by atoms with van der Waals surface area (Å²) in [6.45, 7) is 8.79. The zero-order valence-corrected chi connectivity index (χ0v) is 36.1. The number of hydrogen-bond acceptors (Lipinski definition) is 13. The highest BCUT2D eigenvalue weighted by atomic mass is 16.5. The average Bonchev–Trinajstić information content (AvgIpc) is 3.57. The van der Waals surface area contributed by atoms with Crippen LogP contribution in [-0.2, 0) is 33.5 Å². The molecule has 0 aromatic heterocycles. The van der Waals surface area contributed by atoms with E-state index >= 15 is 0 Å². The van der Waals surface area contributed by atoms with Gasteiger partial charge in [-0.3, -0.25) is 43.8 Å². The number of phenolic OH excluding ortho intramolecular Hbond substituents is 1. The van der Waals surface area contributed by atoms with Crippen LogP contribution < -0.4 is 10.6 Å². The molecule has 5 saturated carbocycles. The van der Waals surface area contributed by atoms with Gasteiger partial charge < -0.3 is 25.4 Å². The number of rotatable bonds is 10. The normalized spacial score (nSPS) is 40.5. The maximum absolute atomic E-state index is 14.3. The zero-order valence-electron chi connectivity index (χ0n) is 36.1. The lowest BCUT2D eigenvalue weighted by molar-refractivity contribution is -0.197. The highest BCUT2D eigenvalue weighted by Crippen LogP contribution is 2.67. The summed E-state index contributed by atoms with van der Waals surface area (Å²) >= 11 is 0. The molecule has 0 radical (unpaired) electrons. The average molecular weight is 844 g/mol. The molecule has 8 rings (SSSR count). The SMILES string of the molecule is CC(=O)C1CCC2C3CC(COCCNCNC(=O)C4C(=O)C(N(C)C)C5C(O)C6C(C(=O)c7c(O)cccc7C6C)C(=O)C5(O)C4=O)=C4CC(=O)CCC4(C)C3CCC12C. The van der Waals surface area contributed by atoms with Crippen LogP contribution in [0.4, 0.5) is 0 Å². The van der Waals surface area contributed by atoms with Crippen molar-refractivity contribution in [3.63, 3.8) is 0 Å². The van der Waals surface area contributed by atoms with Crippen LogP contribution >= 0.6 is 0 Å². The van der Waals surface area contributed by atoms with Gasteiger partial charge in [-0.2, -0.15) is 0 Å². The molecule has 14 unspecified atom stereocenters. The number of ketones is 6. The number of carbonyl (C=O) groups is 7. The Balaban J connectivity index is 0.918. The van der Waals surface area contributed by atoms with Gasteiger partial charge in [0.2, 0.25) is 5.91 Å². The Morgan fingerprint density at radius 3 is 2.44 bits per heavy atom. The van der Waals surface area contributed by atoms with Gasteiger partial charge in [-0.05, 0) is 111 Å². The number of aromatic hydroxyl groups is 1. The molecule has 0 aliphatic heterocycles. The van der Waals surface area contributed by atoms with Crippen LogP contribution in [0.25, 0.3) is 0 Å². The molecule has 5 N–H and O–H groups in total. The van der Waals surface area contributed by atoms with E-state index in [-0.39, 0.29) is 59.4 Å². The monoisotopic (exact) mass is 843 g/mol. The summed E-state index contributed by atoms with van der Waals surface area (Å²) in [7, 11) is 2.97. The minimum Gasteiger partial charge on any atom is -0.507 e. The Bertz CT molecular complexity index is 2110. The molecule has 7 aliphatic carbocycles. The molecule has 0 spiro atoms. The summed E-state index contributed by atoms with van der Waals surface area (Å²) < 4.78 is 6.21. The van der Waals surface area contributed by atoms with Crippen LogP contribution in [0.2, 0.25) is 0 Å². The van der Waals surface area contributed by atoms with Crippen molar-refractivity contribution in [2.45, 2.75) is 103 Å². The third-order valence-corrected chi connectivity index (χ3v) is 17.1. The molecule has 1 aromatic carbocycles. The lowest BCUT2D eigenvalue weighted by Gasteiger charge is -2.58. The van der Waals surface area contributed by atoms with Crippen LogP contribution in [0, 0.1) is 58.2 Å². The number of aliphatic hydroxyl groups excluding tert-OH is 1. The molecule has 1 amide bonds. The Labute approximate surface area is 356 Å². The number of nitrogens with one attached hydrogen (secondary N) is 2. The fourth-order valence-corrected chi connectivity index (χ4v) is 14.2. The number of aliphatic hydroxyl groups is 2. The molecular formula is C47H61N3O11. The van der Waals surface area contributed by atoms with E-state index in [2.05, 4.69) is 24.5 Å². The first-order valence-electron chi connectivity index (χ1n) is 22.2. The first-order valence-corrected chi connectivity index (χ1v) is 22.2. The Hall–Kier alpha value is -3.95. The lowest BCUT2D eigenvalue weighted by Crippen LogP contribution is -2.77. The van der Waals surface area contributed by atoms with Crippen molar-refractivity contribution < 1.29 is 53.6 Å². The van der Waals surface area contributed by atoms with Crippen LogP contribution in [0.5, 0.6) is 5.75 Å². The fraction of sp³-hybridized carbons (Fsp3) is 0.681. The largest absolute Gasteiger partial charge is 0.507 e. The van der Waals surface area contributed by atoms with E-state index in [9.17, 15) is 48.9 Å². The Morgan fingerprint density at radius 2 is 1.74 bits per heavy atom. The summed E-state index contributed by atoms with van der Waals surface area (Å²) in [5.74, 6) is -10.9. The number of amides is 1. The molecule has 0 saturated heterocycles. The smallest absolute Gasteiger partial charge is 0.239 e. The van der Waals surface area contributed by atoms with Crippen LogP contribution in [0.1, 0.15) is 101 Å². The van der Waals surface area contributed by atoms with Gasteiger partial charge in [0.05, 0.1) is 49.4 Å². The fourth-order valence-electron chi connectivity index (χ4n) is 14.2. The van der Waals surface area contributed by atoms with E-state index in [0.717, 1.165) is 38.5 Å². The molecule has 1 aromatic rings. The summed E-state index contributed by atoms with van der Waals surface area (Å²) in [5.41, 5.74) is -0.442. The van der Waals surface area contributed by atoms with E-state index in [0.29, 0.717) is 42.8 Å². The number of likely N-dealkylation sites (N-methyl/N-ethyl adjacent to an activating group) is 1. The van der Waals surface area contributed by atoms with Crippen molar-refractivity contribution in [3.05, 3.63) is 40.5 Å². The number of fused-ring (bicyclic) bond motifs is 8. The van der Waals surface area contributed by atoms with Crippen molar-refractivity contribution in [2.24, 2.45) is 58.2 Å². The topological polar surface area (TPSA) is 217 Å². The molecule has 14 atom stereocenters. The third-order valence-electron chi connectivity index (χ3n) is 17.1. The first-order chi connectivity index (χ1) is 28.8. The summed E-state index contributed by atoms with van der Waals surface area (Å²) in [6.07, 6.45) is 5.12. The van der Waals surface area contributed by atoms with Gasteiger partial charge in [0, 0.05) is 31.2 Å². The van der Waals surface area contributed by atoms with Gasteiger partial charge in [0.1, 0.15) is 17.3 Å². The van der Waals surface area contributed by atoms with Crippen LogP contribution in [0.3, 0.4) is 0 Å². The highest BCUT2D eigenvalue weighted by Gasteiger charge is 2.73. The Kier molecular flexibility index (Phi) is 11.2. The second-order valence-corrected chi connectivity index (χ2v) is 20.1. The van der Waals surface area contributed by atoms with Crippen LogP contribution in [0.15, 0.2) is 29.3 Å². The molecule has 5 fully saturated rings. The standard InChI is InChI=1S/C47H61N3O11/c1-22-26-8-7-9-32(53)34(26)39(54)35-33(22)40(55)37-38(50(5)6)41(56)36(43(58)47(37,60)42(35)57)44(59)49-21-48-16-17-61-20-24-18-27-29-11-10-28(23(2)51)45(29,3)15-13-30(27)46(4)14-12-25(52)19-31(24)46/h7-9,22,27-30,33,35-38,40,48,53,55,60H,10-21H2,1-6H3,(H,49,59). The number of allylic oxidation sites excluding steroid dienone is 1. The molecular weight excluding hydrogens is 783 g/mol. The summed E-state index contributed by atoms with van der Waals surface area (Å²) in [5, 5.41) is 40.2. The second kappa shape index (κ2) is 15.7. The minimum atomic E-state index is -3.04. The number of hydrogen-bond donors (Lipinski definition) is 5. The van der Waals surface area contributed by atoms with Crippen molar-refractivity contribution in [1.82, 2.24) is 15.5 Å². The van der Waals surface area contributed by atoms with E-state index in [1.165, 1.54) is 36.2 Å². The number of ether oxygens (including phenoxy) is 1. The number of phenols is 1. The lowest BCUT2D eigenvalue weighted by atomic mass is 9.46. The predicted molar refractivity (Wildman–Crippen MR) is 220 cm³/mol. The maximum atomic E-state index is 14.3. The molecule has 0 heterocycles. The molecule has 7 aliphatic rings. The van der Waals surface area contributed by atoms with E-state index in [1.807, 2.05) is 0 Å². The predicted octanol–water partition coefficient (Wildman–Crippen LogP) is 2.70. The van der Waals surface area contributed by atoms with Gasteiger partial charge in [-0.25, -0.2) is 0 Å². The molecule has 0 bridgehead atoms. The second-order valence-electron chi connectivity index (χ2n) is 20.1. The van der Waals surface area contributed by atoms with Crippen molar-refractivity contribution in [3.8, 4) is 5.75 Å². The highest BCUT2D eigenvalue weighted by molar-refractivity contribution is 6.32. The van der Waals surface area contributed by atoms with E-state index in [1.54, 1.807) is 26.0 Å². The number of carbonyl (C=O) groups excluding carboxylic acids is 7.